The van der Waals surface area contributed by atoms with E-state index in [1.54, 1.807) is 12.4 Å². The standard InChI is InChI=1S/C12H11NO.C7H15NS.H2O.H2/c1-10-2-4-11(5-3-10)14-12-6-8-13-9-7-12;1-6-7(2,3)9-5-4-8-6;;/h2-9H,1H3;6,8H,4-5H2,1-3H3;1H2;1H. The van der Waals surface area contributed by atoms with Gasteiger partial charge in [0.15, 0.2) is 0 Å². The van der Waals surface area contributed by atoms with Gasteiger partial charge in [0.05, 0.1) is 0 Å². The van der Waals surface area contributed by atoms with E-state index in [0.717, 1.165) is 11.5 Å². The molecule has 1 fully saturated rings. The lowest BCUT2D eigenvalue weighted by atomic mass is 10.1. The van der Waals surface area contributed by atoms with Crippen molar-refractivity contribution in [2.24, 2.45) is 0 Å². The molecule has 1 aliphatic heterocycles. The van der Waals surface area contributed by atoms with E-state index in [1.807, 2.05) is 36.4 Å². The number of benzene rings is 1. The van der Waals surface area contributed by atoms with E-state index in [4.69, 9.17) is 4.74 Å². The normalized spacial score (nSPS) is 18.6. The summed E-state index contributed by atoms with van der Waals surface area (Å²) in [6, 6.07) is 12.3. The third-order valence-corrected chi connectivity index (χ3v) is 5.48. The first-order valence-corrected chi connectivity index (χ1v) is 8.98. The summed E-state index contributed by atoms with van der Waals surface area (Å²) in [6.07, 6.45) is 3.42. The van der Waals surface area contributed by atoms with Crippen LogP contribution in [-0.4, -0.2) is 33.5 Å². The molecule has 24 heavy (non-hydrogen) atoms. The summed E-state index contributed by atoms with van der Waals surface area (Å²) in [4.78, 5) is 3.92. The fourth-order valence-electron chi connectivity index (χ4n) is 2.11. The lowest BCUT2D eigenvalue weighted by Gasteiger charge is -2.36. The summed E-state index contributed by atoms with van der Waals surface area (Å²) in [5.74, 6) is 2.92. The number of pyridine rings is 1. The highest BCUT2D eigenvalue weighted by atomic mass is 32.2. The molecule has 0 aliphatic carbocycles. The number of rotatable bonds is 2. The third-order valence-electron chi connectivity index (χ3n) is 3.98. The third kappa shape index (κ3) is 6.51. The van der Waals surface area contributed by atoms with Gasteiger partial charge in [0.2, 0.25) is 0 Å². The molecule has 0 bridgehead atoms. The molecular formula is C19H30N2O2S. The van der Waals surface area contributed by atoms with Crippen LogP contribution in [0.5, 0.6) is 11.5 Å². The minimum absolute atomic E-state index is 0. The molecule has 0 radical (unpaired) electrons. The lowest BCUT2D eigenvalue weighted by molar-refractivity contribution is 0.459. The van der Waals surface area contributed by atoms with Crippen molar-refractivity contribution in [2.75, 3.05) is 12.3 Å². The molecule has 2 heterocycles. The smallest absolute Gasteiger partial charge is 0.130 e. The molecule has 1 aliphatic rings. The van der Waals surface area contributed by atoms with Gasteiger partial charge in [0, 0.05) is 36.9 Å². The van der Waals surface area contributed by atoms with Gasteiger partial charge in [-0.3, -0.25) is 4.98 Å². The highest BCUT2D eigenvalue weighted by Crippen LogP contribution is 2.30. The van der Waals surface area contributed by atoms with Gasteiger partial charge in [0.25, 0.3) is 0 Å². The zero-order valence-electron chi connectivity index (χ0n) is 14.9. The van der Waals surface area contributed by atoms with Crippen LogP contribution in [0.25, 0.3) is 0 Å². The number of nitrogens with one attached hydrogen (secondary N) is 1. The molecule has 1 atom stereocenters. The van der Waals surface area contributed by atoms with E-state index < -0.39 is 0 Å². The first-order valence-electron chi connectivity index (χ1n) is 7.99. The Bertz CT molecular complexity index is 594. The Labute approximate surface area is 150 Å². The van der Waals surface area contributed by atoms with Gasteiger partial charge >= 0.3 is 0 Å². The summed E-state index contributed by atoms with van der Waals surface area (Å²) in [6.45, 7) is 10.1. The van der Waals surface area contributed by atoms with Crippen molar-refractivity contribution in [2.45, 2.75) is 38.5 Å². The molecule has 134 valence electrons. The van der Waals surface area contributed by atoms with E-state index in [-0.39, 0.29) is 6.90 Å². The Morgan fingerprint density at radius 1 is 1.12 bits per heavy atom. The van der Waals surface area contributed by atoms with Crippen LogP contribution in [-0.2, 0) is 0 Å². The SMILES string of the molecule is CC1NCCSC1(C)C.Cc1ccc(Oc2ccncc2)cc1.O.[HH]. The molecule has 1 aromatic heterocycles. The summed E-state index contributed by atoms with van der Waals surface area (Å²) in [7, 11) is 0. The van der Waals surface area contributed by atoms with E-state index in [9.17, 15) is 0 Å². The minimum atomic E-state index is 0. The number of hydrogen-bond acceptors (Lipinski definition) is 4. The van der Waals surface area contributed by atoms with E-state index in [2.05, 4.69) is 49.8 Å². The van der Waals surface area contributed by atoms with Gasteiger partial charge in [-0.25, -0.2) is 0 Å². The predicted octanol–water partition coefficient (Wildman–Crippen LogP) is 4.09. The molecule has 0 spiro atoms. The topological polar surface area (TPSA) is 65.7 Å². The van der Waals surface area contributed by atoms with Crippen LogP contribution in [0.1, 0.15) is 27.8 Å². The van der Waals surface area contributed by atoms with Crippen LogP contribution in [0.3, 0.4) is 0 Å². The summed E-state index contributed by atoms with van der Waals surface area (Å²) in [5.41, 5.74) is 1.23. The molecule has 0 amide bonds. The zero-order valence-corrected chi connectivity index (χ0v) is 15.7. The fraction of sp³-hybridized carbons (Fsp3) is 0.421. The largest absolute Gasteiger partial charge is 0.457 e. The molecule has 3 N–H and O–H groups in total. The van der Waals surface area contributed by atoms with Crippen molar-refractivity contribution in [3.05, 3.63) is 54.4 Å². The van der Waals surface area contributed by atoms with E-state index in [1.165, 1.54) is 17.9 Å². The van der Waals surface area contributed by atoms with Crippen LogP contribution in [0.2, 0.25) is 0 Å². The number of thioether (sulfide) groups is 1. The highest BCUT2D eigenvalue weighted by molar-refractivity contribution is 8.00. The lowest BCUT2D eigenvalue weighted by Crippen LogP contribution is -2.47. The number of nitrogens with zero attached hydrogens (tertiary/aromatic N) is 1. The Balaban J connectivity index is 0.000000462. The van der Waals surface area contributed by atoms with Crippen LogP contribution >= 0.6 is 11.8 Å². The Kier molecular flexibility index (Phi) is 8.25. The molecule has 1 aromatic carbocycles. The van der Waals surface area contributed by atoms with Crippen molar-refractivity contribution in [3.8, 4) is 11.5 Å². The van der Waals surface area contributed by atoms with Crippen molar-refractivity contribution in [1.29, 1.82) is 0 Å². The molecule has 2 aromatic rings. The van der Waals surface area contributed by atoms with Crippen LogP contribution in [0.4, 0.5) is 0 Å². The van der Waals surface area contributed by atoms with Gasteiger partial charge in [-0.2, -0.15) is 11.8 Å². The van der Waals surface area contributed by atoms with Gasteiger partial charge in [-0.05, 0) is 52.0 Å². The Hall–Kier alpha value is -1.56. The average molecular weight is 351 g/mol. The zero-order chi connectivity index (χ0) is 16.7. The molecule has 3 rings (SSSR count). The molecule has 1 unspecified atom stereocenters. The minimum Gasteiger partial charge on any atom is -0.457 e. The summed E-state index contributed by atoms with van der Waals surface area (Å²) >= 11 is 2.07. The second kappa shape index (κ2) is 9.67. The highest BCUT2D eigenvalue weighted by Gasteiger charge is 2.28. The number of ether oxygens (including phenoxy) is 1. The van der Waals surface area contributed by atoms with Crippen molar-refractivity contribution in [3.63, 3.8) is 0 Å². The maximum absolute atomic E-state index is 5.59. The second-order valence-electron chi connectivity index (χ2n) is 6.23. The molecule has 4 nitrogen and oxygen atoms in total. The monoisotopic (exact) mass is 350 g/mol. The number of hydrogen-bond donors (Lipinski definition) is 1. The maximum Gasteiger partial charge on any atom is 0.130 e. The Morgan fingerprint density at radius 3 is 2.21 bits per heavy atom. The van der Waals surface area contributed by atoms with Crippen LogP contribution in [0, 0.1) is 6.92 Å². The summed E-state index contributed by atoms with van der Waals surface area (Å²) in [5, 5.41) is 3.45. The van der Waals surface area contributed by atoms with Gasteiger partial charge < -0.3 is 15.5 Å². The van der Waals surface area contributed by atoms with Gasteiger partial charge in [-0.15, -0.1) is 0 Å². The molecule has 5 heteroatoms. The number of aryl methyl sites for hydroxylation is 1. The first kappa shape index (κ1) is 20.5. The van der Waals surface area contributed by atoms with E-state index in [0.29, 0.717) is 10.8 Å². The average Bonchev–Trinajstić information content (AvgIpc) is 2.54. The predicted molar refractivity (Wildman–Crippen MR) is 105 cm³/mol. The fourth-order valence-corrected chi connectivity index (χ4v) is 3.19. The van der Waals surface area contributed by atoms with Crippen LogP contribution < -0.4 is 10.1 Å². The van der Waals surface area contributed by atoms with Gasteiger partial charge in [-0.1, -0.05) is 17.7 Å². The maximum atomic E-state index is 5.59. The Morgan fingerprint density at radius 2 is 1.71 bits per heavy atom. The van der Waals surface area contributed by atoms with E-state index >= 15 is 0 Å². The molecule has 0 saturated carbocycles. The van der Waals surface area contributed by atoms with Crippen molar-refractivity contribution < 1.29 is 11.6 Å². The molecule has 1 saturated heterocycles. The summed E-state index contributed by atoms with van der Waals surface area (Å²) < 4.78 is 6.04. The van der Waals surface area contributed by atoms with Gasteiger partial charge in [0.1, 0.15) is 11.5 Å². The quantitative estimate of drug-likeness (QED) is 0.886. The first-order chi connectivity index (χ1) is 11.0. The van der Waals surface area contributed by atoms with Crippen molar-refractivity contribution >= 4 is 11.8 Å². The van der Waals surface area contributed by atoms with Crippen molar-refractivity contribution in [1.82, 2.24) is 10.3 Å². The van der Waals surface area contributed by atoms with Crippen LogP contribution in [0.15, 0.2) is 48.8 Å². The second-order valence-corrected chi connectivity index (χ2v) is 7.97. The molecular weight excluding hydrogens is 320 g/mol. The number of aromatic nitrogens is 1.